The fraction of sp³-hybridized carbons (Fsp3) is 1.00. The fourth-order valence-electron chi connectivity index (χ4n) is 0. The highest BCUT2D eigenvalue weighted by Gasteiger charge is 1.85. The van der Waals surface area contributed by atoms with E-state index in [2.05, 4.69) is 0 Å². The van der Waals surface area contributed by atoms with E-state index < -0.39 is 37.5 Å². The Bertz CT molecular complexity index is 399. The van der Waals surface area contributed by atoms with Crippen molar-refractivity contribution >= 4 is 31.2 Å². The average molecular weight is 370 g/mol. The lowest BCUT2D eigenvalue weighted by Gasteiger charge is -1.90. The van der Waals surface area contributed by atoms with Crippen LogP contribution in [0.4, 0.5) is 0 Å². The number of hydrogen-bond donors (Lipinski definition) is 8. The first-order valence-electron chi connectivity index (χ1n) is 3.73. The summed E-state index contributed by atoms with van der Waals surface area (Å²) in [6.45, 7) is 1.70. The van der Waals surface area contributed by atoms with Gasteiger partial charge < -0.3 is 10.2 Å². The maximum atomic E-state index is 8.74. The monoisotopic (exact) mass is 370 g/mol. The fourth-order valence-corrected chi connectivity index (χ4v) is 0. The zero-order valence-corrected chi connectivity index (χ0v) is 12.0. The highest BCUT2D eigenvalue weighted by molar-refractivity contribution is 7.80. The van der Waals surface area contributed by atoms with Gasteiger partial charge in [-0.2, -0.15) is 25.3 Å². The van der Waals surface area contributed by atoms with E-state index >= 15 is 0 Å². The maximum Gasteiger partial charge on any atom is 0.394 e. The van der Waals surface area contributed by atoms with Gasteiger partial charge in [0.15, 0.2) is 6.29 Å². The molecule has 0 atom stereocenters. The summed E-state index contributed by atoms with van der Waals surface area (Å²) in [6, 6.07) is 0. The maximum absolute atomic E-state index is 8.74. The first-order chi connectivity index (χ1) is 8.27. The molecule has 0 aliphatic heterocycles. The van der Waals surface area contributed by atoms with Crippen molar-refractivity contribution in [2.45, 2.75) is 19.6 Å². The van der Waals surface area contributed by atoms with Crippen LogP contribution in [0.1, 0.15) is 13.3 Å². The Labute approximate surface area is 114 Å². The summed E-state index contributed by atoms with van der Waals surface area (Å²) < 4.78 is 94.8. The largest absolute Gasteiger partial charge is 0.394 e. The average Bonchev–Trinajstić information content (AvgIpc) is 1.93. The lowest BCUT2D eigenvalue weighted by molar-refractivity contribution is -0.0413. The summed E-state index contributed by atoms with van der Waals surface area (Å²) in [6.07, 6.45) is -0.699. The van der Waals surface area contributed by atoms with Crippen LogP contribution in [0.15, 0.2) is 0 Å². The number of aliphatic hydroxyl groups is 2. The first-order valence-corrected chi connectivity index (χ1v) is 7.92. The van der Waals surface area contributed by atoms with Crippen LogP contribution in [0.5, 0.6) is 0 Å². The van der Waals surface area contributed by atoms with Gasteiger partial charge in [-0.25, -0.2) is 0 Å². The number of aliphatic hydroxyl groups excluding tert-OH is 1. The van der Waals surface area contributed by atoms with E-state index in [9.17, 15) is 0 Å². The van der Waals surface area contributed by atoms with Crippen LogP contribution in [0, 0.1) is 0 Å². The van der Waals surface area contributed by atoms with Gasteiger partial charge in [-0.15, -0.1) is 0 Å². The minimum absolute atomic E-state index is 0.417. The summed E-state index contributed by atoms with van der Waals surface area (Å²) in [5.74, 6) is 0. The van der Waals surface area contributed by atoms with Crippen LogP contribution < -0.4 is 0 Å². The SMILES string of the molecule is CCC(O)O.O=S(=O)(O)O.O=S(=O)(O)O.O=S(=O)(O)O. The molecule has 128 valence electrons. The quantitative estimate of drug-likeness (QED) is 0.179. The third kappa shape index (κ3) is 2050. The molecule has 0 saturated heterocycles. The Morgan fingerprint density at radius 3 is 0.700 bits per heavy atom. The van der Waals surface area contributed by atoms with E-state index in [-0.39, 0.29) is 0 Å². The van der Waals surface area contributed by atoms with Crippen molar-refractivity contribution in [3.05, 3.63) is 0 Å². The van der Waals surface area contributed by atoms with Crippen molar-refractivity contribution in [2.24, 2.45) is 0 Å². The number of rotatable bonds is 1. The van der Waals surface area contributed by atoms with Crippen molar-refractivity contribution in [3.63, 3.8) is 0 Å². The molecule has 0 fully saturated rings. The molecule has 0 aromatic rings. The summed E-state index contributed by atoms with van der Waals surface area (Å²) in [4.78, 5) is 0. The van der Waals surface area contributed by atoms with E-state index in [1.807, 2.05) is 0 Å². The highest BCUT2D eigenvalue weighted by Crippen LogP contribution is 1.77. The van der Waals surface area contributed by atoms with Crippen molar-refractivity contribution in [1.29, 1.82) is 0 Å². The Balaban J connectivity index is -0.0000000853. The molecule has 0 heterocycles. The molecule has 0 unspecified atom stereocenters. The Hall–Kier alpha value is -0.470. The van der Waals surface area contributed by atoms with Gasteiger partial charge in [0.2, 0.25) is 0 Å². The molecule has 0 amide bonds. The molecule has 0 spiro atoms. The summed E-state index contributed by atoms with van der Waals surface area (Å²) in [5.41, 5.74) is 0. The standard InChI is InChI=1S/C3H8O2.3H2O4S/c1-2-3(4)5;3*1-5(2,3)4/h3-5H,2H2,1H3;3*(H2,1,2,3,4). The van der Waals surface area contributed by atoms with Crippen LogP contribution in [-0.2, 0) is 31.2 Å². The van der Waals surface area contributed by atoms with Gasteiger partial charge >= 0.3 is 31.2 Å². The summed E-state index contributed by atoms with van der Waals surface area (Å²) in [5, 5.41) is 15.8. The number of hydrogen-bond acceptors (Lipinski definition) is 8. The molecule has 0 rings (SSSR count). The Morgan fingerprint density at radius 1 is 0.650 bits per heavy atom. The van der Waals surface area contributed by atoms with Gasteiger partial charge in [-0.05, 0) is 6.42 Å². The van der Waals surface area contributed by atoms with E-state index in [0.717, 1.165) is 0 Å². The van der Waals surface area contributed by atoms with Gasteiger partial charge in [-0.3, -0.25) is 27.3 Å². The van der Waals surface area contributed by atoms with Crippen LogP contribution in [0.2, 0.25) is 0 Å². The van der Waals surface area contributed by atoms with Crippen LogP contribution in [0.25, 0.3) is 0 Å². The molecule has 14 nitrogen and oxygen atoms in total. The van der Waals surface area contributed by atoms with Crippen molar-refractivity contribution < 1.29 is 62.8 Å². The lowest BCUT2D eigenvalue weighted by Crippen LogP contribution is -1.99. The van der Waals surface area contributed by atoms with Gasteiger partial charge in [0, 0.05) is 0 Å². The molecular weight excluding hydrogens is 356 g/mol. The van der Waals surface area contributed by atoms with Crippen LogP contribution in [-0.4, -0.2) is 69.1 Å². The van der Waals surface area contributed by atoms with E-state index in [0.29, 0.717) is 6.42 Å². The minimum atomic E-state index is -4.67. The molecular formula is C3H14O14S3. The van der Waals surface area contributed by atoms with Crippen LogP contribution >= 0.6 is 0 Å². The Morgan fingerprint density at radius 2 is 0.700 bits per heavy atom. The molecule has 0 saturated carbocycles. The Kier molecular flexibility index (Phi) is 17.1. The van der Waals surface area contributed by atoms with Gasteiger partial charge in [0.25, 0.3) is 0 Å². The first kappa shape index (κ1) is 27.8. The van der Waals surface area contributed by atoms with Crippen molar-refractivity contribution in [3.8, 4) is 0 Å². The zero-order chi connectivity index (χ0) is 17.8. The molecule has 0 aliphatic rings. The van der Waals surface area contributed by atoms with Gasteiger partial charge in [-0.1, -0.05) is 6.92 Å². The van der Waals surface area contributed by atoms with Gasteiger partial charge in [0.1, 0.15) is 0 Å². The third-order valence-electron chi connectivity index (χ3n) is 0.365. The van der Waals surface area contributed by atoms with E-state index in [4.69, 9.17) is 62.8 Å². The molecule has 0 bridgehead atoms. The summed E-state index contributed by atoms with van der Waals surface area (Å²) in [7, 11) is -14.0. The second kappa shape index (κ2) is 12.3. The lowest BCUT2D eigenvalue weighted by atomic mass is 10.5. The third-order valence-corrected chi connectivity index (χ3v) is 0.365. The molecule has 0 radical (unpaired) electrons. The summed E-state index contributed by atoms with van der Waals surface area (Å²) >= 11 is 0. The normalized spacial score (nSPS) is 11.1. The predicted molar refractivity (Wildman–Crippen MR) is 61.0 cm³/mol. The van der Waals surface area contributed by atoms with Crippen molar-refractivity contribution in [1.82, 2.24) is 0 Å². The minimum Gasteiger partial charge on any atom is -0.368 e. The molecule has 0 aromatic carbocycles. The van der Waals surface area contributed by atoms with E-state index in [1.54, 1.807) is 6.92 Å². The zero-order valence-electron chi connectivity index (χ0n) is 9.54. The second-order valence-corrected chi connectivity index (χ2v) is 4.92. The molecule has 0 aliphatic carbocycles. The van der Waals surface area contributed by atoms with Crippen molar-refractivity contribution in [2.75, 3.05) is 0 Å². The predicted octanol–water partition coefficient (Wildman–Crippen LogP) is -2.25. The highest BCUT2D eigenvalue weighted by atomic mass is 32.3. The smallest absolute Gasteiger partial charge is 0.368 e. The second-order valence-electron chi connectivity index (χ2n) is 2.23. The molecule has 0 aromatic heterocycles. The van der Waals surface area contributed by atoms with Crippen LogP contribution in [0.3, 0.4) is 0 Å². The van der Waals surface area contributed by atoms with E-state index in [1.165, 1.54) is 0 Å². The topological polar surface area (TPSA) is 264 Å². The molecule has 17 heteroatoms. The molecule has 8 N–H and O–H groups in total. The molecule has 20 heavy (non-hydrogen) atoms. The van der Waals surface area contributed by atoms with Gasteiger partial charge in [0.05, 0.1) is 0 Å².